The Morgan fingerprint density at radius 1 is 0.857 bits per heavy atom. The van der Waals surface area contributed by atoms with Crippen LogP contribution in [0.4, 0.5) is 0 Å². The summed E-state index contributed by atoms with van der Waals surface area (Å²) in [5.74, 6) is -2.28. The molecule has 0 bridgehead atoms. The Balaban J connectivity index is 1.63. The summed E-state index contributed by atoms with van der Waals surface area (Å²) in [4.78, 5) is 28.7. The maximum Gasteiger partial charge on any atom is 0.348 e. The minimum absolute atomic E-state index is 0.0699. The molecule has 2 heterocycles. The number of para-hydroxylation sites is 1. The molecule has 0 amide bonds. The van der Waals surface area contributed by atoms with Gasteiger partial charge in [0.1, 0.15) is 5.57 Å². The van der Waals surface area contributed by atoms with Crippen LogP contribution >= 0.6 is 0 Å². The zero-order valence-corrected chi connectivity index (χ0v) is 15.2. The maximum absolute atomic E-state index is 12.7. The van der Waals surface area contributed by atoms with Crippen LogP contribution in [-0.4, -0.2) is 22.7 Å². The van der Waals surface area contributed by atoms with Gasteiger partial charge in [0.25, 0.3) is 5.79 Å². The molecule has 0 radical (unpaired) electrons. The first-order chi connectivity index (χ1) is 13.7. The van der Waals surface area contributed by atoms with Crippen molar-refractivity contribution in [2.75, 3.05) is 0 Å². The van der Waals surface area contributed by atoms with E-state index < -0.39 is 17.7 Å². The van der Waals surface area contributed by atoms with Gasteiger partial charge in [-0.25, -0.2) is 9.59 Å². The van der Waals surface area contributed by atoms with Gasteiger partial charge in [-0.05, 0) is 30.5 Å². The fourth-order valence-corrected chi connectivity index (χ4v) is 4.08. The third-order valence-electron chi connectivity index (χ3n) is 5.46. The average Bonchev–Trinajstić information content (AvgIpc) is 3.30. The standard InChI is InChI=1S/C23H19NO4/c25-21-18(22(26)28-23(27-21)12-6-7-13-23)14-17-16-10-4-5-11-19(16)24-20(17)15-8-2-1-3-9-15/h1-5,8-11,14,24H,6-7,12-13H2. The van der Waals surface area contributed by atoms with Crippen molar-refractivity contribution in [2.45, 2.75) is 31.5 Å². The van der Waals surface area contributed by atoms with E-state index in [4.69, 9.17) is 9.47 Å². The van der Waals surface area contributed by atoms with E-state index in [1.165, 1.54) is 0 Å². The molecule has 28 heavy (non-hydrogen) atoms. The Morgan fingerprint density at radius 2 is 1.50 bits per heavy atom. The molecule has 1 saturated carbocycles. The molecule has 0 unspecified atom stereocenters. The van der Waals surface area contributed by atoms with Crippen LogP contribution in [0.15, 0.2) is 60.2 Å². The molecule has 5 heteroatoms. The number of fused-ring (bicyclic) bond motifs is 1. The molecule has 1 N–H and O–H groups in total. The number of ether oxygens (including phenoxy) is 2. The smallest absolute Gasteiger partial charge is 0.348 e. The van der Waals surface area contributed by atoms with Crippen LogP contribution in [0, 0.1) is 0 Å². The lowest BCUT2D eigenvalue weighted by atomic mass is 10.0. The number of rotatable bonds is 2. The highest BCUT2D eigenvalue weighted by Crippen LogP contribution is 2.39. The van der Waals surface area contributed by atoms with Gasteiger partial charge >= 0.3 is 11.9 Å². The number of aromatic amines is 1. The van der Waals surface area contributed by atoms with Gasteiger partial charge < -0.3 is 14.5 Å². The number of hydrogen-bond acceptors (Lipinski definition) is 4. The Labute approximate surface area is 162 Å². The van der Waals surface area contributed by atoms with Gasteiger partial charge in [0, 0.05) is 29.3 Å². The molecule has 3 aromatic rings. The third-order valence-corrected chi connectivity index (χ3v) is 5.46. The van der Waals surface area contributed by atoms with Gasteiger partial charge in [-0.3, -0.25) is 0 Å². The van der Waals surface area contributed by atoms with Crippen LogP contribution in [0.25, 0.3) is 28.2 Å². The van der Waals surface area contributed by atoms with E-state index in [2.05, 4.69) is 4.98 Å². The zero-order valence-electron chi connectivity index (χ0n) is 15.2. The first-order valence-corrected chi connectivity index (χ1v) is 9.50. The summed E-state index contributed by atoms with van der Waals surface area (Å²) in [6, 6.07) is 17.6. The molecular weight excluding hydrogens is 354 g/mol. The molecule has 140 valence electrons. The zero-order chi connectivity index (χ0) is 19.1. The molecule has 2 fully saturated rings. The van der Waals surface area contributed by atoms with E-state index in [0.29, 0.717) is 12.8 Å². The predicted octanol–water partition coefficient (Wildman–Crippen LogP) is 4.59. The van der Waals surface area contributed by atoms with Crippen molar-refractivity contribution in [3.05, 3.63) is 65.7 Å². The van der Waals surface area contributed by atoms with E-state index in [-0.39, 0.29) is 5.57 Å². The summed E-state index contributed by atoms with van der Waals surface area (Å²) in [5.41, 5.74) is 3.44. The Kier molecular flexibility index (Phi) is 3.83. The van der Waals surface area contributed by atoms with Crippen molar-refractivity contribution in [3.63, 3.8) is 0 Å². The first-order valence-electron chi connectivity index (χ1n) is 9.50. The fraction of sp³-hybridized carbons (Fsp3) is 0.217. The number of esters is 2. The second-order valence-electron chi connectivity index (χ2n) is 7.28. The number of carbonyl (C=O) groups excluding carboxylic acids is 2. The summed E-state index contributed by atoms with van der Waals surface area (Å²) >= 11 is 0. The van der Waals surface area contributed by atoms with Crippen LogP contribution in [0.1, 0.15) is 31.2 Å². The second kappa shape index (κ2) is 6.37. The van der Waals surface area contributed by atoms with E-state index >= 15 is 0 Å². The van der Waals surface area contributed by atoms with Gasteiger partial charge in [-0.2, -0.15) is 0 Å². The van der Waals surface area contributed by atoms with Gasteiger partial charge in [0.15, 0.2) is 0 Å². The predicted molar refractivity (Wildman–Crippen MR) is 105 cm³/mol. The molecule has 0 atom stereocenters. The normalized spacial score (nSPS) is 18.4. The van der Waals surface area contributed by atoms with E-state index in [1.807, 2.05) is 54.6 Å². The van der Waals surface area contributed by atoms with E-state index in [9.17, 15) is 9.59 Å². The van der Waals surface area contributed by atoms with Crippen LogP contribution in [-0.2, 0) is 19.1 Å². The Morgan fingerprint density at radius 3 is 2.21 bits per heavy atom. The lowest BCUT2D eigenvalue weighted by Crippen LogP contribution is -2.44. The molecule has 5 rings (SSSR count). The topological polar surface area (TPSA) is 68.4 Å². The van der Waals surface area contributed by atoms with E-state index in [1.54, 1.807) is 6.08 Å². The van der Waals surface area contributed by atoms with Crippen molar-refractivity contribution in [3.8, 4) is 11.3 Å². The largest absolute Gasteiger partial charge is 0.419 e. The SMILES string of the molecule is O=C1OC2(CCCC2)OC(=O)C1=Cc1c(-c2ccccc2)[nH]c2ccccc12. The molecule has 2 aliphatic rings. The summed E-state index contributed by atoms with van der Waals surface area (Å²) in [7, 11) is 0. The third kappa shape index (κ3) is 2.71. The van der Waals surface area contributed by atoms with Crippen molar-refractivity contribution in [1.29, 1.82) is 0 Å². The summed E-state index contributed by atoms with van der Waals surface area (Å²) < 4.78 is 11.1. The highest BCUT2D eigenvalue weighted by Gasteiger charge is 2.48. The van der Waals surface area contributed by atoms with E-state index in [0.717, 1.165) is 40.6 Å². The van der Waals surface area contributed by atoms with Crippen LogP contribution in [0.2, 0.25) is 0 Å². The summed E-state index contributed by atoms with van der Waals surface area (Å²) in [6.45, 7) is 0. The molecular formula is C23H19NO4. The first kappa shape index (κ1) is 16.8. The molecule has 1 aromatic heterocycles. The lowest BCUT2D eigenvalue weighted by Gasteiger charge is -2.32. The van der Waals surface area contributed by atoms with Crippen LogP contribution in [0.3, 0.4) is 0 Å². The molecule has 5 nitrogen and oxygen atoms in total. The van der Waals surface area contributed by atoms with Gasteiger partial charge in [0.05, 0.1) is 5.69 Å². The number of nitrogens with one attached hydrogen (secondary N) is 1. The van der Waals surface area contributed by atoms with Crippen LogP contribution < -0.4 is 0 Å². The number of aromatic nitrogens is 1. The van der Waals surface area contributed by atoms with Crippen molar-refractivity contribution in [2.24, 2.45) is 0 Å². The Hall–Kier alpha value is -3.34. The molecule has 1 aliphatic carbocycles. The maximum atomic E-state index is 12.7. The highest BCUT2D eigenvalue weighted by molar-refractivity contribution is 6.20. The van der Waals surface area contributed by atoms with Gasteiger partial charge in [0.2, 0.25) is 0 Å². The molecule has 1 saturated heterocycles. The monoisotopic (exact) mass is 373 g/mol. The van der Waals surface area contributed by atoms with Gasteiger partial charge in [-0.1, -0.05) is 48.5 Å². The lowest BCUT2D eigenvalue weighted by molar-refractivity contribution is -0.232. The summed E-state index contributed by atoms with van der Waals surface area (Å²) in [5, 5.41) is 0.926. The molecule has 1 aliphatic heterocycles. The van der Waals surface area contributed by atoms with Crippen LogP contribution in [0.5, 0.6) is 0 Å². The number of H-pyrrole nitrogens is 1. The van der Waals surface area contributed by atoms with Crippen molar-refractivity contribution in [1.82, 2.24) is 4.98 Å². The summed E-state index contributed by atoms with van der Waals surface area (Å²) in [6.07, 6.45) is 4.51. The molecule has 2 aromatic carbocycles. The minimum Gasteiger partial charge on any atom is -0.419 e. The highest BCUT2D eigenvalue weighted by atomic mass is 16.7. The fourth-order valence-electron chi connectivity index (χ4n) is 4.08. The number of benzene rings is 2. The van der Waals surface area contributed by atoms with Gasteiger partial charge in [-0.15, -0.1) is 0 Å². The Bertz CT molecular complexity index is 1080. The molecule has 1 spiro atoms. The minimum atomic E-state index is -1.06. The number of hydrogen-bond donors (Lipinski definition) is 1. The second-order valence-corrected chi connectivity index (χ2v) is 7.28. The number of carbonyl (C=O) groups is 2. The quantitative estimate of drug-likeness (QED) is 0.405. The van der Waals surface area contributed by atoms with Crippen molar-refractivity contribution >= 4 is 28.9 Å². The average molecular weight is 373 g/mol. The van der Waals surface area contributed by atoms with Crippen molar-refractivity contribution < 1.29 is 19.1 Å².